The predicted molar refractivity (Wildman–Crippen MR) is 61.0 cm³/mol. The van der Waals surface area contributed by atoms with Crippen LogP contribution in [0.4, 0.5) is 8.78 Å². The average Bonchev–Trinajstić information content (AvgIpc) is 2.32. The van der Waals surface area contributed by atoms with Gasteiger partial charge in [-0.2, -0.15) is 0 Å². The second-order valence-corrected chi connectivity index (χ2v) is 3.77. The van der Waals surface area contributed by atoms with Gasteiger partial charge in [0.05, 0.1) is 5.56 Å². The van der Waals surface area contributed by atoms with E-state index in [4.69, 9.17) is 0 Å². The third-order valence-electron chi connectivity index (χ3n) is 2.56. The van der Waals surface area contributed by atoms with Gasteiger partial charge in [-0.3, -0.25) is 4.79 Å². The fourth-order valence-corrected chi connectivity index (χ4v) is 1.63. The molecule has 2 rings (SSSR count). The molecule has 0 atom stereocenters. The molecule has 0 heterocycles. The number of aryl methyl sites for hydroxylation is 1. The van der Waals surface area contributed by atoms with Gasteiger partial charge in [-0.25, -0.2) is 8.78 Å². The van der Waals surface area contributed by atoms with Crippen molar-refractivity contribution >= 4 is 5.78 Å². The summed E-state index contributed by atoms with van der Waals surface area (Å²) in [5, 5.41) is 0. The highest BCUT2D eigenvalue weighted by Gasteiger charge is 2.15. The smallest absolute Gasteiger partial charge is 0.196 e. The Bertz CT molecular complexity index is 576. The number of halogens is 2. The van der Waals surface area contributed by atoms with E-state index in [0.29, 0.717) is 5.56 Å². The Balaban J connectivity index is 2.51. The molecule has 0 saturated heterocycles. The number of ketones is 1. The van der Waals surface area contributed by atoms with Crippen molar-refractivity contribution in [1.29, 1.82) is 0 Å². The summed E-state index contributed by atoms with van der Waals surface area (Å²) in [5.41, 5.74) is 0.774. The first-order chi connectivity index (χ1) is 8.09. The molecule has 0 aromatic heterocycles. The fraction of sp³-hybridized carbons (Fsp3) is 0.0714. The van der Waals surface area contributed by atoms with Gasteiger partial charge in [0.15, 0.2) is 5.78 Å². The Labute approximate surface area is 97.7 Å². The first kappa shape index (κ1) is 11.5. The number of benzene rings is 2. The van der Waals surface area contributed by atoms with Gasteiger partial charge in [0.25, 0.3) is 0 Å². The highest BCUT2D eigenvalue weighted by atomic mass is 19.1. The highest BCUT2D eigenvalue weighted by molar-refractivity contribution is 6.10. The zero-order valence-corrected chi connectivity index (χ0v) is 9.21. The number of rotatable bonds is 2. The lowest BCUT2D eigenvalue weighted by atomic mass is 9.99. The maximum absolute atomic E-state index is 13.4. The first-order valence-corrected chi connectivity index (χ1v) is 5.15. The number of hydrogen-bond donors (Lipinski definition) is 0. The molecule has 17 heavy (non-hydrogen) atoms. The number of hydrogen-bond acceptors (Lipinski definition) is 1. The van der Waals surface area contributed by atoms with Crippen LogP contribution in [0.25, 0.3) is 0 Å². The lowest BCUT2D eigenvalue weighted by molar-refractivity contribution is 0.103. The molecule has 2 aromatic carbocycles. The van der Waals surface area contributed by atoms with Gasteiger partial charge in [-0.05, 0) is 36.8 Å². The minimum absolute atomic E-state index is 0.0406. The molecule has 0 spiro atoms. The van der Waals surface area contributed by atoms with Crippen LogP contribution in [0.3, 0.4) is 0 Å². The minimum Gasteiger partial charge on any atom is -0.288 e. The molecule has 3 heteroatoms. The Morgan fingerprint density at radius 1 is 1.00 bits per heavy atom. The van der Waals surface area contributed by atoms with E-state index in [9.17, 15) is 13.6 Å². The van der Waals surface area contributed by atoms with E-state index in [0.717, 1.165) is 6.07 Å². The molecule has 0 unspecified atom stereocenters. The fourth-order valence-electron chi connectivity index (χ4n) is 1.63. The van der Waals surface area contributed by atoms with E-state index in [1.54, 1.807) is 13.0 Å². The zero-order valence-electron chi connectivity index (χ0n) is 9.21. The summed E-state index contributed by atoms with van der Waals surface area (Å²) < 4.78 is 26.5. The Hall–Kier alpha value is -2.03. The maximum Gasteiger partial charge on any atom is 0.196 e. The standard InChI is InChI=1S/C14H10F2O/c1-9-6-7-10(15)8-12(9)14(17)11-4-2-3-5-13(11)16/h2-8H,1H3. The molecule has 0 N–H and O–H groups in total. The van der Waals surface area contributed by atoms with Crippen molar-refractivity contribution in [1.82, 2.24) is 0 Å². The molecule has 0 fully saturated rings. The van der Waals surface area contributed by atoms with Crippen LogP contribution in [0, 0.1) is 18.6 Å². The second-order valence-electron chi connectivity index (χ2n) is 3.77. The van der Waals surface area contributed by atoms with E-state index < -0.39 is 17.4 Å². The second kappa shape index (κ2) is 4.45. The summed E-state index contributed by atoms with van der Waals surface area (Å²) in [6.07, 6.45) is 0. The van der Waals surface area contributed by atoms with E-state index in [2.05, 4.69) is 0 Å². The summed E-state index contributed by atoms with van der Waals surface area (Å²) >= 11 is 0. The SMILES string of the molecule is Cc1ccc(F)cc1C(=O)c1ccccc1F. The number of carbonyl (C=O) groups excluding carboxylic acids is 1. The largest absolute Gasteiger partial charge is 0.288 e. The average molecular weight is 232 g/mol. The molecule has 0 aliphatic heterocycles. The van der Waals surface area contributed by atoms with Crippen LogP contribution >= 0.6 is 0 Å². The summed E-state index contributed by atoms with van der Waals surface area (Å²) in [5.74, 6) is -1.60. The Kier molecular flexibility index (Phi) is 3.00. The van der Waals surface area contributed by atoms with Crippen molar-refractivity contribution in [3.05, 3.63) is 70.8 Å². The molecule has 2 aromatic rings. The number of carbonyl (C=O) groups is 1. The van der Waals surface area contributed by atoms with E-state index in [1.807, 2.05) is 0 Å². The van der Waals surface area contributed by atoms with Crippen molar-refractivity contribution in [2.45, 2.75) is 6.92 Å². The first-order valence-electron chi connectivity index (χ1n) is 5.15. The third kappa shape index (κ3) is 2.23. The molecule has 0 bridgehead atoms. The van der Waals surface area contributed by atoms with Crippen molar-refractivity contribution < 1.29 is 13.6 Å². The molecule has 0 aliphatic carbocycles. The third-order valence-corrected chi connectivity index (χ3v) is 2.56. The summed E-state index contributed by atoms with van der Waals surface area (Å²) in [6, 6.07) is 9.58. The van der Waals surface area contributed by atoms with Gasteiger partial charge in [0.2, 0.25) is 0 Å². The van der Waals surface area contributed by atoms with Crippen molar-refractivity contribution in [3.8, 4) is 0 Å². The van der Waals surface area contributed by atoms with E-state index in [1.165, 1.54) is 30.3 Å². The molecule has 86 valence electrons. The maximum atomic E-state index is 13.4. The van der Waals surface area contributed by atoms with Crippen molar-refractivity contribution in [2.75, 3.05) is 0 Å². The predicted octanol–water partition coefficient (Wildman–Crippen LogP) is 3.50. The van der Waals surface area contributed by atoms with Gasteiger partial charge in [0.1, 0.15) is 11.6 Å². The van der Waals surface area contributed by atoms with E-state index >= 15 is 0 Å². The van der Waals surface area contributed by atoms with Crippen LogP contribution in [0.5, 0.6) is 0 Å². The molecule has 0 amide bonds. The van der Waals surface area contributed by atoms with Gasteiger partial charge in [0, 0.05) is 5.56 Å². The van der Waals surface area contributed by atoms with E-state index in [-0.39, 0.29) is 11.1 Å². The van der Waals surface area contributed by atoms with Crippen LogP contribution in [0.15, 0.2) is 42.5 Å². The summed E-state index contributed by atoms with van der Waals surface area (Å²) in [7, 11) is 0. The topological polar surface area (TPSA) is 17.1 Å². The zero-order chi connectivity index (χ0) is 12.4. The van der Waals surface area contributed by atoms with Gasteiger partial charge in [-0.15, -0.1) is 0 Å². The van der Waals surface area contributed by atoms with Crippen molar-refractivity contribution in [3.63, 3.8) is 0 Å². The van der Waals surface area contributed by atoms with Crippen LogP contribution in [-0.4, -0.2) is 5.78 Å². The monoisotopic (exact) mass is 232 g/mol. The van der Waals surface area contributed by atoms with Gasteiger partial charge in [-0.1, -0.05) is 18.2 Å². The van der Waals surface area contributed by atoms with Crippen LogP contribution in [0.2, 0.25) is 0 Å². The van der Waals surface area contributed by atoms with Gasteiger partial charge >= 0.3 is 0 Å². The van der Waals surface area contributed by atoms with Gasteiger partial charge < -0.3 is 0 Å². The van der Waals surface area contributed by atoms with Crippen LogP contribution in [-0.2, 0) is 0 Å². The summed E-state index contributed by atoms with van der Waals surface area (Å²) in [4.78, 5) is 12.0. The molecule has 0 saturated carbocycles. The normalized spacial score (nSPS) is 10.3. The quantitative estimate of drug-likeness (QED) is 0.724. The highest BCUT2D eigenvalue weighted by Crippen LogP contribution is 2.17. The molecular formula is C14H10F2O. The Morgan fingerprint density at radius 2 is 1.71 bits per heavy atom. The van der Waals surface area contributed by atoms with Crippen LogP contribution < -0.4 is 0 Å². The van der Waals surface area contributed by atoms with Crippen molar-refractivity contribution in [2.24, 2.45) is 0 Å². The molecule has 1 nitrogen and oxygen atoms in total. The molecule has 0 radical (unpaired) electrons. The molecular weight excluding hydrogens is 222 g/mol. The van der Waals surface area contributed by atoms with Crippen LogP contribution in [0.1, 0.15) is 21.5 Å². The lowest BCUT2D eigenvalue weighted by Gasteiger charge is -2.05. The lowest BCUT2D eigenvalue weighted by Crippen LogP contribution is -2.06. The Morgan fingerprint density at radius 3 is 2.41 bits per heavy atom. The summed E-state index contributed by atoms with van der Waals surface area (Å²) in [6.45, 7) is 1.69. The molecule has 0 aliphatic rings. The minimum atomic E-state index is -0.596.